The van der Waals surface area contributed by atoms with E-state index < -0.39 is 12.7 Å². The SMILES string of the molecule is CCN(CC(F)(F)F)c1cc([C@@H](C)N)ccn1. The molecule has 1 heterocycles. The van der Waals surface area contributed by atoms with Gasteiger partial charge in [-0.3, -0.25) is 0 Å². The van der Waals surface area contributed by atoms with Gasteiger partial charge in [0.05, 0.1) is 0 Å². The van der Waals surface area contributed by atoms with Gasteiger partial charge in [-0.15, -0.1) is 0 Å². The summed E-state index contributed by atoms with van der Waals surface area (Å²) < 4.78 is 37.0. The largest absolute Gasteiger partial charge is 0.405 e. The van der Waals surface area contributed by atoms with Crippen molar-refractivity contribution in [2.75, 3.05) is 18.0 Å². The third-order valence-corrected chi connectivity index (χ3v) is 2.37. The van der Waals surface area contributed by atoms with Crippen LogP contribution in [0, 0.1) is 0 Å². The molecule has 2 N–H and O–H groups in total. The Morgan fingerprint density at radius 3 is 2.59 bits per heavy atom. The summed E-state index contributed by atoms with van der Waals surface area (Å²) in [4.78, 5) is 5.12. The lowest BCUT2D eigenvalue weighted by atomic mass is 10.1. The van der Waals surface area contributed by atoms with Gasteiger partial charge in [-0.2, -0.15) is 13.2 Å². The summed E-state index contributed by atoms with van der Waals surface area (Å²) in [6, 6.07) is 3.08. The molecule has 0 amide bonds. The zero-order valence-corrected chi connectivity index (χ0v) is 9.83. The molecule has 0 aromatic carbocycles. The van der Waals surface area contributed by atoms with Crippen LogP contribution in [0.15, 0.2) is 18.3 Å². The Bertz CT molecular complexity index is 363. The predicted octanol–water partition coefficient (Wildman–Crippen LogP) is 2.49. The fraction of sp³-hybridized carbons (Fsp3) is 0.545. The number of rotatable bonds is 4. The molecule has 17 heavy (non-hydrogen) atoms. The van der Waals surface area contributed by atoms with Gasteiger partial charge in [-0.25, -0.2) is 4.98 Å². The molecule has 0 radical (unpaired) electrons. The van der Waals surface area contributed by atoms with E-state index in [-0.39, 0.29) is 12.6 Å². The van der Waals surface area contributed by atoms with Crippen LogP contribution in [0.5, 0.6) is 0 Å². The van der Waals surface area contributed by atoms with Crippen molar-refractivity contribution in [2.24, 2.45) is 5.73 Å². The molecule has 0 bridgehead atoms. The number of nitrogens with two attached hydrogens (primary N) is 1. The van der Waals surface area contributed by atoms with Gasteiger partial charge in [0, 0.05) is 18.8 Å². The molecule has 0 saturated heterocycles. The van der Waals surface area contributed by atoms with Gasteiger partial charge in [0.1, 0.15) is 12.4 Å². The van der Waals surface area contributed by atoms with E-state index >= 15 is 0 Å². The van der Waals surface area contributed by atoms with Crippen molar-refractivity contribution >= 4 is 5.82 Å². The normalized spacial score (nSPS) is 13.5. The number of hydrogen-bond acceptors (Lipinski definition) is 3. The lowest BCUT2D eigenvalue weighted by Gasteiger charge is -2.23. The molecule has 0 aliphatic rings. The summed E-state index contributed by atoms with van der Waals surface area (Å²) in [5.74, 6) is 0.305. The molecular formula is C11H16F3N3. The van der Waals surface area contributed by atoms with Crippen LogP contribution in [0.1, 0.15) is 25.5 Å². The van der Waals surface area contributed by atoms with Gasteiger partial charge in [0.25, 0.3) is 0 Å². The average Bonchev–Trinajstić information content (AvgIpc) is 2.25. The van der Waals surface area contributed by atoms with E-state index in [1.165, 1.54) is 11.1 Å². The van der Waals surface area contributed by atoms with Crippen LogP contribution in [-0.4, -0.2) is 24.2 Å². The summed E-state index contributed by atoms with van der Waals surface area (Å²) in [5, 5.41) is 0. The van der Waals surface area contributed by atoms with Crippen LogP contribution < -0.4 is 10.6 Å². The van der Waals surface area contributed by atoms with Crippen molar-refractivity contribution in [3.63, 3.8) is 0 Å². The van der Waals surface area contributed by atoms with Crippen molar-refractivity contribution in [1.82, 2.24) is 4.98 Å². The second-order valence-corrected chi connectivity index (χ2v) is 3.87. The zero-order valence-electron chi connectivity index (χ0n) is 9.83. The Labute approximate surface area is 98.4 Å². The van der Waals surface area contributed by atoms with Crippen molar-refractivity contribution in [2.45, 2.75) is 26.1 Å². The summed E-state index contributed by atoms with van der Waals surface area (Å²) in [6.07, 6.45) is -2.75. The highest BCUT2D eigenvalue weighted by atomic mass is 19.4. The van der Waals surface area contributed by atoms with Crippen molar-refractivity contribution < 1.29 is 13.2 Å². The highest BCUT2D eigenvalue weighted by Crippen LogP contribution is 2.22. The first kappa shape index (κ1) is 13.8. The second-order valence-electron chi connectivity index (χ2n) is 3.87. The molecule has 6 heteroatoms. The van der Waals surface area contributed by atoms with E-state index in [0.717, 1.165) is 5.56 Å². The minimum atomic E-state index is -4.23. The number of nitrogens with zero attached hydrogens (tertiary/aromatic N) is 2. The van der Waals surface area contributed by atoms with Gasteiger partial charge in [0.2, 0.25) is 0 Å². The minimum Gasteiger partial charge on any atom is -0.348 e. The molecule has 1 rings (SSSR count). The standard InChI is InChI=1S/C11H16F3N3/c1-3-17(7-11(12,13)14)10-6-9(8(2)15)4-5-16-10/h4-6,8H,3,7,15H2,1-2H3/t8-/m1/s1. The summed E-state index contributed by atoms with van der Waals surface area (Å²) in [7, 11) is 0. The Morgan fingerprint density at radius 1 is 1.47 bits per heavy atom. The lowest BCUT2D eigenvalue weighted by Crippen LogP contribution is -2.34. The first-order valence-electron chi connectivity index (χ1n) is 5.36. The fourth-order valence-electron chi connectivity index (χ4n) is 1.46. The third kappa shape index (κ3) is 4.22. The van der Waals surface area contributed by atoms with E-state index in [9.17, 15) is 13.2 Å². The second kappa shape index (κ2) is 5.35. The maximum absolute atomic E-state index is 12.3. The van der Waals surface area contributed by atoms with Crippen LogP contribution >= 0.6 is 0 Å². The van der Waals surface area contributed by atoms with E-state index in [4.69, 9.17) is 5.73 Å². The number of aromatic nitrogens is 1. The van der Waals surface area contributed by atoms with Gasteiger partial charge in [-0.1, -0.05) is 0 Å². The van der Waals surface area contributed by atoms with Crippen LogP contribution in [0.3, 0.4) is 0 Å². The number of anilines is 1. The smallest absolute Gasteiger partial charge is 0.348 e. The van der Waals surface area contributed by atoms with E-state index in [1.54, 1.807) is 26.0 Å². The number of hydrogen-bond donors (Lipinski definition) is 1. The van der Waals surface area contributed by atoms with Crippen molar-refractivity contribution in [1.29, 1.82) is 0 Å². The molecule has 1 aromatic heterocycles. The molecule has 3 nitrogen and oxygen atoms in total. The summed E-state index contributed by atoms with van der Waals surface area (Å²) in [6.45, 7) is 2.68. The van der Waals surface area contributed by atoms with Gasteiger partial charge in [0.15, 0.2) is 0 Å². The molecule has 96 valence electrons. The lowest BCUT2D eigenvalue weighted by molar-refractivity contribution is -0.119. The van der Waals surface area contributed by atoms with Gasteiger partial charge in [-0.05, 0) is 31.5 Å². The Kier molecular flexibility index (Phi) is 4.34. The quantitative estimate of drug-likeness (QED) is 0.888. The highest BCUT2D eigenvalue weighted by molar-refractivity contribution is 5.41. The molecule has 0 fully saturated rings. The molecule has 0 aliphatic carbocycles. The monoisotopic (exact) mass is 247 g/mol. The first-order chi connectivity index (χ1) is 7.83. The van der Waals surface area contributed by atoms with Gasteiger partial charge >= 0.3 is 6.18 Å². The van der Waals surface area contributed by atoms with Crippen LogP contribution in [0.25, 0.3) is 0 Å². The van der Waals surface area contributed by atoms with Crippen molar-refractivity contribution in [3.05, 3.63) is 23.9 Å². The highest BCUT2D eigenvalue weighted by Gasteiger charge is 2.30. The third-order valence-electron chi connectivity index (χ3n) is 2.37. The van der Waals surface area contributed by atoms with Crippen LogP contribution in [-0.2, 0) is 0 Å². The molecule has 1 aromatic rings. The summed E-state index contributed by atoms with van der Waals surface area (Å²) >= 11 is 0. The van der Waals surface area contributed by atoms with Crippen LogP contribution in [0.4, 0.5) is 19.0 Å². The Balaban J connectivity index is 2.92. The summed E-state index contributed by atoms with van der Waals surface area (Å²) in [5.41, 5.74) is 6.46. The Hall–Kier alpha value is -1.30. The number of alkyl halides is 3. The maximum Gasteiger partial charge on any atom is 0.405 e. The topological polar surface area (TPSA) is 42.1 Å². The fourth-order valence-corrected chi connectivity index (χ4v) is 1.46. The zero-order chi connectivity index (χ0) is 13.1. The molecule has 0 saturated carbocycles. The van der Waals surface area contributed by atoms with E-state index in [1.807, 2.05) is 0 Å². The molecule has 0 unspecified atom stereocenters. The predicted molar refractivity (Wildman–Crippen MR) is 60.8 cm³/mol. The first-order valence-corrected chi connectivity index (χ1v) is 5.36. The van der Waals surface area contributed by atoms with Crippen molar-refractivity contribution in [3.8, 4) is 0 Å². The Morgan fingerprint density at radius 2 is 2.12 bits per heavy atom. The number of halogens is 3. The van der Waals surface area contributed by atoms with Gasteiger partial charge < -0.3 is 10.6 Å². The minimum absolute atomic E-state index is 0.221. The molecular weight excluding hydrogens is 231 g/mol. The molecule has 0 aliphatic heterocycles. The van der Waals surface area contributed by atoms with E-state index in [0.29, 0.717) is 5.82 Å². The maximum atomic E-state index is 12.3. The number of pyridine rings is 1. The van der Waals surface area contributed by atoms with Crippen LogP contribution in [0.2, 0.25) is 0 Å². The van der Waals surface area contributed by atoms with E-state index in [2.05, 4.69) is 4.98 Å². The average molecular weight is 247 g/mol. The molecule has 1 atom stereocenters. The molecule has 0 spiro atoms.